The number of ether oxygens (including phenoxy) is 3. The minimum Gasteiger partial charge on any atom is -0.456 e. The van der Waals surface area contributed by atoms with Gasteiger partial charge in [0.25, 0.3) is 0 Å². The van der Waals surface area contributed by atoms with Crippen molar-refractivity contribution in [2.45, 2.75) is 134 Å². The Morgan fingerprint density at radius 1 is 1.02 bits per heavy atom. The molecular weight excluding hydrogens is 584 g/mol. The molecule has 11 nitrogen and oxygen atoms in total. The molecule has 0 radical (unpaired) electrons. The monoisotopic (exact) mass is 636 g/mol. The van der Waals surface area contributed by atoms with Crippen molar-refractivity contribution < 1.29 is 54.8 Å². The van der Waals surface area contributed by atoms with E-state index in [4.69, 9.17) is 14.2 Å². The van der Waals surface area contributed by atoms with E-state index in [9.17, 15) is 40.5 Å². The second-order valence-electron chi connectivity index (χ2n) is 15.4. The first-order valence-corrected chi connectivity index (χ1v) is 16.7. The smallest absolute Gasteiger partial charge is 0.334 e. The molecular formula is C34H52O11. The van der Waals surface area contributed by atoms with E-state index in [2.05, 4.69) is 19.9 Å². The van der Waals surface area contributed by atoms with Gasteiger partial charge in [0.1, 0.15) is 36.1 Å². The molecule has 2 aliphatic heterocycles. The van der Waals surface area contributed by atoms with Gasteiger partial charge in [-0.1, -0.05) is 25.5 Å². The van der Waals surface area contributed by atoms with Gasteiger partial charge in [0.15, 0.2) is 6.29 Å². The predicted molar refractivity (Wildman–Crippen MR) is 160 cm³/mol. The average molecular weight is 637 g/mol. The summed E-state index contributed by atoms with van der Waals surface area (Å²) in [6.07, 6.45) is -0.883. The fourth-order valence-corrected chi connectivity index (χ4v) is 10.6. The SMILES string of the molecule is CC1=C(CO)CC([C@@](C)(O)[C@H]2CC[C@H]3[C@@H]4CC=C5C[C@@H](O[C@@H]6O[C@H](CO)[C@@H](O)[C@H](O)[C@H]6O)C[C@H](O)[C@]5(C)[C@H]4CC[C@@]32C)OC1=O. The lowest BCUT2D eigenvalue weighted by atomic mass is 9.46. The Labute approximate surface area is 264 Å². The highest BCUT2D eigenvalue weighted by Gasteiger charge is 2.64. The number of cyclic esters (lactones) is 1. The second-order valence-corrected chi connectivity index (χ2v) is 15.4. The standard InChI is InChI=1S/C34H52O11/c1-16-17(14-35)11-26(45-30(16)41)34(4,42)24-8-7-21-20-6-5-18-12-19(43-31-29(40)28(39)27(38)23(15-36)44-31)13-25(37)33(18,3)22(20)9-10-32(21,24)2/h5,19-29,31,35-40,42H,6-15H2,1-4H3/t19-,20+,21+,22+,23-,24+,25+,26?,27-,28+,29-,31-,32+,33+,34+/m1/s1. The molecule has 6 rings (SSSR count). The van der Waals surface area contributed by atoms with Gasteiger partial charge in [-0.25, -0.2) is 4.79 Å². The molecule has 3 saturated carbocycles. The molecule has 254 valence electrons. The Bertz CT molecular complexity index is 1210. The lowest BCUT2D eigenvalue weighted by molar-refractivity contribution is -0.315. The zero-order valence-corrected chi connectivity index (χ0v) is 26.8. The first kappa shape index (κ1) is 33.5. The van der Waals surface area contributed by atoms with Crippen LogP contribution in [0.15, 0.2) is 22.8 Å². The lowest BCUT2D eigenvalue weighted by Crippen LogP contribution is -2.61. The topological polar surface area (TPSA) is 186 Å². The number of aliphatic hydroxyl groups is 7. The number of allylic oxidation sites excluding steroid dienone is 1. The van der Waals surface area contributed by atoms with Crippen LogP contribution in [0.1, 0.15) is 79.1 Å². The minimum atomic E-state index is -1.52. The van der Waals surface area contributed by atoms with Gasteiger partial charge in [-0.15, -0.1) is 0 Å². The number of rotatable bonds is 6. The molecule has 0 spiro atoms. The Balaban J connectivity index is 1.19. The van der Waals surface area contributed by atoms with Crippen LogP contribution >= 0.6 is 0 Å². The number of carbonyl (C=O) groups is 1. The van der Waals surface area contributed by atoms with Crippen LogP contribution in [0.25, 0.3) is 0 Å². The first-order chi connectivity index (χ1) is 21.2. The molecule has 0 bridgehead atoms. The van der Waals surface area contributed by atoms with Crippen LogP contribution in [-0.4, -0.2) is 110 Å². The van der Waals surface area contributed by atoms with Crippen molar-refractivity contribution in [2.24, 2.45) is 34.5 Å². The van der Waals surface area contributed by atoms with Gasteiger partial charge in [-0.2, -0.15) is 0 Å². The van der Waals surface area contributed by atoms with Crippen LogP contribution in [-0.2, 0) is 19.0 Å². The van der Waals surface area contributed by atoms with Gasteiger partial charge in [0.2, 0.25) is 0 Å². The number of fused-ring (bicyclic) bond motifs is 5. The van der Waals surface area contributed by atoms with E-state index in [1.54, 1.807) is 13.8 Å². The van der Waals surface area contributed by atoms with Crippen LogP contribution in [0.3, 0.4) is 0 Å². The van der Waals surface area contributed by atoms with Crippen LogP contribution in [0, 0.1) is 34.5 Å². The Morgan fingerprint density at radius 3 is 2.44 bits per heavy atom. The van der Waals surface area contributed by atoms with Crippen LogP contribution in [0.2, 0.25) is 0 Å². The molecule has 1 saturated heterocycles. The molecule has 4 aliphatic carbocycles. The van der Waals surface area contributed by atoms with Gasteiger partial charge >= 0.3 is 5.97 Å². The number of hydrogen-bond acceptors (Lipinski definition) is 11. The summed E-state index contributed by atoms with van der Waals surface area (Å²) in [4.78, 5) is 12.6. The van der Waals surface area contributed by atoms with E-state index in [1.807, 2.05) is 0 Å². The molecule has 11 heteroatoms. The molecule has 0 aromatic carbocycles. The quantitative estimate of drug-likeness (QED) is 0.164. The summed E-state index contributed by atoms with van der Waals surface area (Å²) in [7, 11) is 0. The number of esters is 1. The van der Waals surface area contributed by atoms with E-state index in [0.29, 0.717) is 42.2 Å². The van der Waals surface area contributed by atoms with E-state index in [1.165, 1.54) is 0 Å². The third kappa shape index (κ3) is 5.16. The number of carbonyl (C=O) groups excluding carboxylic acids is 1. The summed E-state index contributed by atoms with van der Waals surface area (Å²) in [6.45, 7) is 7.12. The van der Waals surface area contributed by atoms with Crippen molar-refractivity contribution >= 4 is 5.97 Å². The summed E-state index contributed by atoms with van der Waals surface area (Å²) in [6, 6.07) is 0. The summed E-state index contributed by atoms with van der Waals surface area (Å²) in [5, 5.41) is 74.1. The largest absolute Gasteiger partial charge is 0.456 e. The van der Waals surface area contributed by atoms with Gasteiger partial charge in [0.05, 0.1) is 25.4 Å². The van der Waals surface area contributed by atoms with Gasteiger partial charge in [-0.3, -0.25) is 0 Å². The maximum Gasteiger partial charge on any atom is 0.334 e. The van der Waals surface area contributed by atoms with Crippen molar-refractivity contribution in [3.05, 3.63) is 22.8 Å². The summed E-state index contributed by atoms with van der Waals surface area (Å²) in [5.74, 6) is 0.322. The van der Waals surface area contributed by atoms with Crippen molar-refractivity contribution in [3.8, 4) is 0 Å². The molecule has 0 aromatic heterocycles. The molecule has 6 aliphatic rings. The molecule has 7 N–H and O–H groups in total. The van der Waals surface area contributed by atoms with Crippen LogP contribution in [0.4, 0.5) is 0 Å². The Kier molecular flexibility index (Phi) is 8.88. The van der Waals surface area contributed by atoms with Crippen molar-refractivity contribution in [3.63, 3.8) is 0 Å². The maximum atomic E-state index is 12.6. The summed E-state index contributed by atoms with van der Waals surface area (Å²) in [5.41, 5.74) is 0.268. The fourth-order valence-electron chi connectivity index (χ4n) is 10.6. The molecule has 0 amide bonds. The second kappa shape index (κ2) is 11.9. The van der Waals surface area contributed by atoms with Gasteiger partial charge in [0, 0.05) is 23.8 Å². The van der Waals surface area contributed by atoms with Crippen LogP contribution < -0.4 is 0 Å². The Hall–Kier alpha value is -1.41. The van der Waals surface area contributed by atoms with Crippen molar-refractivity contribution in [2.75, 3.05) is 13.2 Å². The third-order valence-electron chi connectivity index (χ3n) is 13.4. The highest BCUT2D eigenvalue weighted by molar-refractivity contribution is 5.89. The number of hydrogen-bond donors (Lipinski definition) is 7. The third-order valence-corrected chi connectivity index (χ3v) is 13.4. The zero-order valence-electron chi connectivity index (χ0n) is 26.8. The summed E-state index contributed by atoms with van der Waals surface area (Å²) < 4.78 is 17.4. The van der Waals surface area contributed by atoms with Crippen molar-refractivity contribution in [1.82, 2.24) is 0 Å². The normalized spacial score (nSPS) is 49.8. The van der Waals surface area contributed by atoms with E-state index in [-0.39, 0.29) is 23.9 Å². The Morgan fingerprint density at radius 2 is 1.76 bits per heavy atom. The molecule has 4 fully saturated rings. The van der Waals surface area contributed by atoms with E-state index < -0.39 is 72.6 Å². The van der Waals surface area contributed by atoms with Crippen LogP contribution in [0.5, 0.6) is 0 Å². The molecule has 45 heavy (non-hydrogen) atoms. The van der Waals surface area contributed by atoms with E-state index in [0.717, 1.165) is 37.7 Å². The average Bonchev–Trinajstić information content (AvgIpc) is 3.37. The van der Waals surface area contributed by atoms with Crippen molar-refractivity contribution in [1.29, 1.82) is 0 Å². The number of aliphatic hydroxyl groups excluding tert-OH is 6. The highest BCUT2D eigenvalue weighted by atomic mass is 16.7. The molecule has 15 atom stereocenters. The van der Waals surface area contributed by atoms with Gasteiger partial charge < -0.3 is 50.0 Å². The molecule has 1 unspecified atom stereocenters. The maximum absolute atomic E-state index is 12.6. The van der Waals surface area contributed by atoms with Gasteiger partial charge in [-0.05, 0) is 87.0 Å². The fraction of sp³-hybridized carbons (Fsp3) is 0.853. The van der Waals surface area contributed by atoms with E-state index >= 15 is 0 Å². The first-order valence-electron chi connectivity index (χ1n) is 16.7. The molecule has 0 aromatic rings. The predicted octanol–water partition coefficient (Wildman–Crippen LogP) is 1.10. The lowest BCUT2D eigenvalue weighted by Gasteiger charge is -2.60. The summed E-state index contributed by atoms with van der Waals surface area (Å²) >= 11 is 0. The minimum absolute atomic E-state index is 0.0853. The molecule has 2 heterocycles. The highest BCUT2D eigenvalue weighted by Crippen LogP contribution is 2.68. The zero-order chi connectivity index (χ0) is 32.6.